The zero-order valence-electron chi connectivity index (χ0n) is 12.9. The first kappa shape index (κ1) is 20.5. The van der Waals surface area contributed by atoms with Crippen LogP contribution in [-0.2, 0) is 15.8 Å². The number of carbonyl (C=O) groups excluding carboxylic acids is 2. The molecule has 0 aliphatic carbocycles. The third-order valence-corrected chi connectivity index (χ3v) is 3.70. The van der Waals surface area contributed by atoms with Gasteiger partial charge in [0.15, 0.2) is 0 Å². The molecule has 0 bridgehead atoms. The number of hydrogen-bond acceptors (Lipinski definition) is 4. The molecule has 0 aromatic heterocycles. The molecule has 12 heteroatoms. The lowest BCUT2D eigenvalue weighted by molar-refractivity contribution is -0.384. The van der Waals surface area contributed by atoms with E-state index in [1.165, 1.54) is 6.07 Å². The van der Waals surface area contributed by atoms with E-state index in [1.807, 2.05) is 10.6 Å². The minimum Gasteiger partial charge on any atom is -0.318 e. The largest absolute Gasteiger partial charge is 0.418 e. The van der Waals surface area contributed by atoms with Crippen molar-refractivity contribution < 1.29 is 27.7 Å². The molecule has 0 aliphatic heterocycles. The molecule has 2 rings (SSSR count). The Kier molecular flexibility index (Phi) is 5.91. The summed E-state index contributed by atoms with van der Waals surface area (Å²) in [5, 5.41) is 14.3. The van der Waals surface area contributed by atoms with Crippen molar-refractivity contribution in [2.45, 2.75) is 6.18 Å². The molecular formula is C15H8Cl2F3N3O4. The first-order valence-electron chi connectivity index (χ1n) is 6.92. The van der Waals surface area contributed by atoms with Gasteiger partial charge in [-0.15, -0.1) is 0 Å². The maximum Gasteiger partial charge on any atom is 0.418 e. The second-order valence-corrected chi connectivity index (χ2v) is 5.86. The van der Waals surface area contributed by atoms with E-state index in [0.29, 0.717) is 6.07 Å². The maximum atomic E-state index is 13.0. The third kappa shape index (κ3) is 5.08. The maximum absolute atomic E-state index is 13.0. The average Bonchev–Trinajstić information content (AvgIpc) is 2.56. The van der Waals surface area contributed by atoms with Crippen molar-refractivity contribution in [1.29, 1.82) is 0 Å². The van der Waals surface area contributed by atoms with Gasteiger partial charge in [-0.25, -0.2) is 0 Å². The average molecular weight is 422 g/mol. The fraction of sp³-hybridized carbons (Fsp3) is 0.0667. The molecule has 0 spiro atoms. The van der Waals surface area contributed by atoms with Crippen molar-refractivity contribution in [3.05, 3.63) is 62.1 Å². The molecule has 0 aliphatic rings. The van der Waals surface area contributed by atoms with Gasteiger partial charge in [-0.1, -0.05) is 23.2 Å². The Morgan fingerprint density at radius 3 is 2.22 bits per heavy atom. The van der Waals surface area contributed by atoms with Crippen LogP contribution in [0.1, 0.15) is 5.56 Å². The number of benzene rings is 2. The zero-order chi connectivity index (χ0) is 20.4. The van der Waals surface area contributed by atoms with Crippen molar-refractivity contribution in [3.63, 3.8) is 0 Å². The molecule has 7 nitrogen and oxygen atoms in total. The minimum atomic E-state index is -4.82. The van der Waals surface area contributed by atoms with Crippen LogP contribution in [0, 0.1) is 10.1 Å². The van der Waals surface area contributed by atoms with Crippen LogP contribution in [0.15, 0.2) is 36.4 Å². The fourth-order valence-electron chi connectivity index (χ4n) is 1.96. The zero-order valence-corrected chi connectivity index (χ0v) is 14.4. The van der Waals surface area contributed by atoms with E-state index >= 15 is 0 Å². The summed E-state index contributed by atoms with van der Waals surface area (Å²) in [6, 6.07) is 5.79. The molecule has 0 heterocycles. The van der Waals surface area contributed by atoms with E-state index in [1.54, 1.807) is 0 Å². The lowest BCUT2D eigenvalue weighted by Gasteiger charge is -2.14. The SMILES string of the molecule is O=C(Nc1ccc(Cl)c([N+](=O)[O-])c1)C(=O)Nc1ccc(Cl)cc1C(F)(F)F. The molecule has 0 atom stereocenters. The summed E-state index contributed by atoms with van der Waals surface area (Å²) < 4.78 is 39.0. The molecule has 0 radical (unpaired) electrons. The highest BCUT2D eigenvalue weighted by atomic mass is 35.5. The molecular weight excluding hydrogens is 414 g/mol. The number of hydrogen-bond donors (Lipinski definition) is 2. The van der Waals surface area contributed by atoms with E-state index in [9.17, 15) is 32.9 Å². The van der Waals surface area contributed by atoms with Gasteiger partial charge in [0.25, 0.3) is 5.69 Å². The Morgan fingerprint density at radius 1 is 1.00 bits per heavy atom. The van der Waals surface area contributed by atoms with Crippen LogP contribution in [-0.4, -0.2) is 16.7 Å². The molecule has 0 saturated heterocycles. The van der Waals surface area contributed by atoms with Gasteiger partial charge in [0.1, 0.15) is 5.02 Å². The van der Waals surface area contributed by atoms with E-state index in [2.05, 4.69) is 0 Å². The van der Waals surface area contributed by atoms with Gasteiger partial charge in [0, 0.05) is 16.8 Å². The molecule has 27 heavy (non-hydrogen) atoms. The van der Waals surface area contributed by atoms with Crippen LogP contribution in [0.3, 0.4) is 0 Å². The van der Waals surface area contributed by atoms with Gasteiger partial charge in [-0.05, 0) is 30.3 Å². The summed E-state index contributed by atoms with van der Waals surface area (Å²) in [5.41, 5.74) is -2.57. The predicted octanol–water partition coefficient (Wildman–Crippen LogP) is 4.50. The highest BCUT2D eigenvalue weighted by Gasteiger charge is 2.34. The van der Waals surface area contributed by atoms with Crippen LogP contribution < -0.4 is 10.6 Å². The van der Waals surface area contributed by atoms with Crippen molar-refractivity contribution in [3.8, 4) is 0 Å². The number of anilines is 2. The number of rotatable bonds is 3. The number of nitrogens with zero attached hydrogens (tertiary/aromatic N) is 1. The second kappa shape index (κ2) is 7.80. The van der Waals surface area contributed by atoms with Crippen LogP contribution in [0.25, 0.3) is 0 Å². The molecule has 0 saturated carbocycles. The Balaban J connectivity index is 2.19. The predicted molar refractivity (Wildman–Crippen MR) is 91.8 cm³/mol. The normalized spacial score (nSPS) is 11.0. The quantitative estimate of drug-likeness (QED) is 0.432. The van der Waals surface area contributed by atoms with Crippen molar-refractivity contribution >= 4 is 52.1 Å². The summed E-state index contributed by atoms with van der Waals surface area (Å²) in [4.78, 5) is 33.8. The first-order chi connectivity index (χ1) is 12.5. The first-order valence-corrected chi connectivity index (χ1v) is 7.67. The van der Waals surface area contributed by atoms with Crippen molar-refractivity contribution in [1.82, 2.24) is 0 Å². The fourth-order valence-corrected chi connectivity index (χ4v) is 2.32. The lowest BCUT2D eigenvalue weighted by Crippen LogP contribution is -2.30. The Morgan fingerprint density at radius 2 is 1.63 bits per heavy atom. The number of carbonyl (C=O) groups is 2. The van der Waals surface area contributed by atoms with Gasteiger partial charge in [0.05, 0.1) is 16.2 Å². The minimum absolute atomic E-state index is 0.140. The van der Waals surface area contributed by atoms with Crippen molar-refractivity contribution in [2.24, 2.45) is 0 Å². The van der Waals surface area contributed by atoms with Gasteiger partial charge in [-0.3, -0.25) is 19.7 Å². The van der Waals surface area contributed by atoms with Crippen LogP contribution in [0.5, 0.6) is 0 Å². The number of halogens is 5. The second-order valence-electron chi connectivity index (χ2n) is 5.02. The molecule has 2 N–H and O–H groups in total. The number of nitrogens with one attached hydrogen (secondary N) is 2. The number of nitro groups is 1. The van der Waals surface area contributed by atoms with Gasteiger partial charge >= 0.3 is 18.0 Å². The van der Waals surface area contributed by atoms with E-state index in [0.717, 1.165) is 24.3 Å². The number of alkyl halides is 3. The third-order valence-electron chi connectivity index (χ3n) is 3.14. The van der Waals surface area contributed by atoms with Crippen LogP contribution in [0.2, 0.25) is 10.0 Å². The molecule has 2 aromatic carbocycles. The molecule has 0 unspecified atom stereocenters. The standard InChI is InChI=1S/C15H8Cl2F3N3O4/c16-7-1-4-11(9(5-7)15(18,19)20)22-14(25)13(24)21-8-2-3-10(17)12(6-8)23(26)27/h1-6H,(H,21,24)(H,22,25). The van der Waals surface area contributed by atoms with Crippen LogP contribution in [0.4, 0.5) is 30.2 Å². The molecule has 142 valence electrons. The molecule has 2 amide bonds. The summed E-state index contributed by atoms with van der Waals surface area (Å²) in [5.74, 6) is -2.75. The van der Waals surface area contributed by atoms with Gasteiger partial charge in [-0.2, -0.15) is 13.2 Å². The lowest BCUT2D eigenvalue weighted by atomic mass is 10.1. The van der Waals surface area contributed by atoms with Crippen molar-refractivity contribution in [2.75, 3.05) is 10.6 Å². The smallest absolute Gasteiger partial charge is 0.318 e. The van der Waals surface area contributed by atoms with Gasteiger partial charge < -0.3 is 10.6 Å². The van der Waals surface area contributed by atoms with E-state index in [-0.39, 0.29) is 15.7 Å². The van der Waals surface area contributed by atoms with E-state index in [4.69, 9.17) is 23.2 Å². The highest BCUT2D eigenvalue weighted by Crippen LogP contribution is 2.36. The monoisotopic (exact) mass is 421 g/mol. The molecule has 2 aromatic rings. The topological polar surface area (TPSA) is 101 Å². The molecule has 0 fully saturated rings. The van der Waals surface area contributed by atoms with E-state index < -0.39 is 39.9 Å². The number of amides is 2. The Bertz CT molecular complexity index is 935. The number of nitro benzene ring substituents is 1. The van der Waals surface area contributed by atoms with Gasteiger partial charge in [0.2, 0.25) is 0 Å². The summed E-state index contributed by atoms with van der Waals surface area (Å²) in [6.07, 6.45) is -4.82. The highest BCUT2D eigenvalue weighted by molar-refractivity contribution is 6.44. The Labute approximate surface area is 159 Å². The summed E-state index contributed by atoms with van der Waals surface area (Å²) in [7, 11) is 0. The Hall–Kier alpha value is -2.85. The van der Waals surface area contributed by atoms with Crippen LogP contribution >= 0.6 is 23.2 Å². The summed E-state index contributed by atoms with van der Waals surface area (Å²) in [6.45, 7) is 0. The summed E-state index contributed by atoms with van der Waals surface area (Å²) >= 11 is 11.1.